The first kappa shape index (κ1) is 17.8. The normalized spacial score (nSPS) is 18.1. The van der Waals surface area contributed by atoms with E-state index in [1.807, 2.05) is 24.3 Å². The molecule has 6 heteroatoms. The molecular weight excluding hydrogens is 346 g/mol. The van der Waals surface area contributed by atoms with Crippen molar-refractivity contribution >= 4 is 23.2 Å². The van der Waals surface area contributed by atoms with Crippen molar-refractivity contribution < 1.29 is 13.6 Å². The van der Waals surface area contributed by atoms with Gasteiger partial charge in [-0.3, -0.25) is 9.69 Å². The highest BCUT2D eigenvalue weighted by atomic mass is 35.5. The average molecular weight is 365 g/mol. The van der Waals surface area contributed by atoms with Gasteiger partial charge in [0.2, 0.25) is 5.91 Å². The van der Waals surface area contributed by atoms with Crippen LogP contribution in [0.3, 0.4) is 0 Å². The summed E-state index contributed by atoms with van der Waals surface area (Å²) in [5.74, 6) is -1.91. The van der Waals surface area contributed by atoms with Crippen molar-refractivity contribution in [2.45, 2.75) is 19.4 Å². The second-order valence-corrected chi connectivity index (χ2v) is 6.69. The highest BCUT2D eigenvalue weighted by Gasteiger charge is 2.26. The van der Waals surface area contributed by atoms with E-state index >= 15 is 0 Å². The fourth-order valence-corrected chi connectivity index (χ4v) is 3.30. The van der Waals surface area contributed by atoms with Gasteiger partial charge >= 0.3 is 0 Å². The van der Waals surface area contributed by atoms with Crippen LogP contribution < -0.4 is 5.32 Å². The first-order valence-electron chi connectivity index (χ1n) is 8.24. The Morgan fingerprint density at radius 1 is 1.24 bits per heavy atom. The van der Waals surface area contributed by atoms with E-state index in [1.165, 1.54) is 6.07 Å². The number of anilines is 1. The molecule has 1 aliphatic heterocycles. The Kier molecular flexibility index (Phi) is 5.66. The van der Waals surface area contributed by atoms with Crippen molar-refractivity contribution in [3.63, 3.8) is 0 Å². The van der Waals surface area contributed by atoms with Crippen LogP contribution in [0.25, 0.3) is 0 Å². The number of likely N-dealkylation sites (tertiary alicyclic amines) is 1. The summed E-state index contributed by atoms with van der Waals surface area (Å²) < 4.78 is 26.7. The molecule has 0 aromatic heterocycles. The van der Waals surface area contributed by atoms with Gasteiger partial charge in [-0.1, -0.05) is 29.8 Å². The molecule has 1 N–H and O–H groups in total. The number of nitrogens with one attached hydrogen (secondary N) is 1. The summed E-state index contributed by atoms with van der Waals surface area (Å²) in [6, 6.07) is 10.8. The molecule has 0 spiro atoms. The molecule has 1 saturated heterocycles. The third kappa shape index (κ3) is 4.55. The predicted octanol–water partition coefficient (Wildman–Crippen LogP) is 4.47. The second-order valence-electron chi connectivity index (χ2n) is 6.28. The minimum absolute atomic E-state index is 0.00891. The lowest BCUT2D eigenvalue weighted by Crippen LogP contribution is -2.40. The summed E-state index contributed by atoms with van der Waals surface area (Å²) in [5, 5.41) is 3.28. The first-order valence-corrected chi connectivity index (χ1v) is 8.62. The number of nitrogens with zero attached hydrogens (tertiary/aromatic N) is 1. The standard InChI is InChI=1S/C19H19ClF2N2O/c20-16-6-2-1-4-13(16)11-24-9-3-5-14(12-24)19(25)23-18-8-7-15(21)10-17(18)22/h1-2,4,6-8,10,14H,3,5,9,11-12H2,(H,23,25)/t14-/m1/s1. The highest BCUT2D eigenvalue weighted by Crippen LogP contribution is 2.24. The minimum Gasteiger partial charge on any atom is -0.323 e. The molecule has 2 aromatic carbocycles. The SMILES string of the molecule is O=C(Nc1ccc(F)cc1F)[C@@H]1CCCN(Cc2ccccc2Cl)C1. The summed E-state index contributed by atoms with van der Waals surface area (Å²) in [4.78, 5) is 14.6. The van der Waals surface area contributed by atoms with Crippen LogP contribution in [0.1, 0.15) is 18.4 Å². The molecular formula is C19H19ClF2N2O. The molecule has 132 valence electrons. The molecule has 0 aliphatic carbocycles. The Morgan fingerprint density at radius 2 is 2.04 bits per heavy atom. The Balaban J connectivity index is 1.62. The molecule has 0 unspecified atom stereocenters. The van der Waals surface area contributed by atoms with Gasteiger partial charge in [-0.15, -0.1) is 0 Å². The highest BCUT2D eigenvalue weighted by molar-refractivity contribution is 6.31. The van der Waals surface area contributed by atoms with Crippen LogP contribution in [0.2, 0.25) is 5.02 Å². The maximum atomic E-state index is 13.7. The van der Waals surface area contributed by atoms with Crippen LogP contribution in [0.15, 0.2) is 42.5 Å². The number of carbonyl (C=O) groups is 1. The van der Waals surface area contributed by atoms with Gasteiger partial charge in [0, 0.05) is 24.2 Å². The van der Waals surface area contributed by atoms with Crippen LogP contribution in [0.5, 0.6) is 0 Å². The zero-order valence-corrected chi connectivity index (χ0v) is 14.4. The maximum Gasteiger partial charge on any atom is 0.228 e. The van der Waals surface area contributed by atoms with E-state index in [-0.39, 0.29) is 17.5 Å². The van der Waals surface area contributed by atoms with Gasteiger partial charge in [0.1, 0.15) is 11.6 Å². The summed E-state index contributed by atoms with van der Waals surface area (Å²) in [7, 11) is 0. The molecule has 1 fully saturated rings. The van der Waals surface area contributed by atoms with Gasteiger partial charge < -0.3 is 5.32 Å². The molecule has 3 nitrogen and oxygen atoms in total. The number of hydrogen-bond acceptors (Lipinski definition) is 2. The minimum atomic E-state index is -0.767. The summed E-state index contributed by atoms with van der Waals surface area (Å²) in [6.45, 7) is 2.15. The number of carbonyl (C=O) groups excluding carboxylic acids is 1. The van der Waals surface area contributed by atoms with Crippen LogP contribution in [0.4, 0.5) is 14.5 Å². The third-order valence-corrected chi connectivity index (χ3v) is 4.79. The Morgan fingerprint density at radius 3 is 2.80 bits per heavy atom. The molecule has 2 aromatic rings. The zero-order chi connectivity index (χ0) is 17.8. The number of hydrogen-bond donors (Lipinski definition) is 1. The van der Waals surface area contributed by atoms with Gasteiger partial charge in [0.15, 0.2) is 0 Å². The second kappa shape index (κ2) is 7.93. The summed E-state index contributed by atoms with van der Waals surface area (Å²) in [5.41, 5.74) is 1.03. The van der Waals surface area contributed by atoms with Gasteiger partial charge in [0.05, 0.1) is 11.6 Å². The Hall–Kier alpha value is -1.98. The summed E-state index contributed by atoms with van der Waals surface area (Å²) in [6.07, 6.45) is 1.63. The number of rotatable bonds is 4. The van der Waals surface area contributed by atoms with Gasteiger partial charge in [-0.2, -0.15) is 0 Å². The molecule has 1 amide bonds. The van der Waals surface area contributed by atoms with E-state index in [2.05, 4.69) is 10.2 Å². The monoisotopic (exact) mass is 364 g/mol. The molecule has 1 atom stereocenters. The quantitative estimate of drug-likeness (QED) is 0.868. The summed E-state index contributed by atoms with van der Waals surface area (Å²) >= 11 is 6.20. The van der Waals surface area contributed by atoms with Gasteiger partial charge in [0.25, 0.3) is 0 Å². The van der Waals surface area contributed by atoms with E-state index in [0.29, 0.717) is 18.1 Å². The van der Waals surface area contributed by atoms with Crippen molar-refractivity contribution in [1.82, 2.24) is 4.90 Å². The van der Waals surface area contributed by atoms with Gasteiger partial charge in [-0.25, -0.2) is 8.78 Å². The van der Waals surface area contributed by atoms with Gasteiger partial charge in [-0.05, 0) is 43.1 Å². The fourth-order valence-electron chi connectivity index (χ4n) is 3.11. The number of piperidine rings is 1. The van der Waals surface area contributed by atoms with Crippen molar-refractivity contribution in [3.05, 3.63) is 64.7 Å². The Bertz CT molecular complexity index is 769. The van der Waals surface area contributed by atoms with Crippen molar-refractivity contribution in [1.29, 1.82) is 0 Å². The Labute approximate surface area is 150 Å². The zero-order valence-electron chi connectivity index (χ0n) is 13.6. The van der Waals surface area contributed by atoms with Crippen molar-refractivity contribution in [3.8, 4) is 0 Å². The van der Waals surface area contributed by atoms with Crippen molar-refractivity contribution in [2.24, 2.45) is 5.92 Å². The number of halogens is 3. The molecule has 3 rings (SSSR count). The molecule has 1 heterocycles. The molecule has 0 radical (unpaired) electrons. The van der Waals surface area contributed by atoms with Crippen LogP contribution in [-0.2, 0) is 11.3 Å². The lowest BCUT2D eigenvalue weighted by molar-refractivity contribution is -0.121. The molecule has 0 saturated carbocycles. The van der Waals surface area contributed by atoms with Crippen LogP contribution >= 0.6 is 11.6 Å². The lowest BCUT2D eigenvalue weighted by Gasteiger charge is -2.32. The van der Waals surface area contributed by atoms with Crippen LogP contribution in [0, 0.1) is 17.6 Å². The van der Waals surface area contributed by atoms with E-state index in [0.717, 1.165) is 37.1 Å². The predicted molar refractivity (Wildman–Crippen MR) is 94.4 cm³/mol. The van der Waals surface area contributed by atoms with Crippen molar-refractivity contribution in [2.75, 3.05) is 18.4 Å². The van der Waals surface area contributed by atoms with Crippen LogP contribution in [-0.4, -0.2) is 23.9 Å². The van der Waals surface area contributed by atoms with E-state index < -0.39 is 11.6 Å². The average Bonchev–Trinajstić information content (AvgIpc) is 2.60. The topological polar surface area (TPSA) is 32.3 Å². The van der Waals surface area contributed by atoms with E-state index in [4.69, 9.17) is 11.6 Å². The maximum absolute atomic E-state index is 13.7. The third-order valence-electron chi connectivity index (χ3n) is 4.42. The fraction of sp³-hybridized carbons (Fsp3) is 0.316. The lowest BCUT2D eigenvalue weighted by atomic mass is 9.96. The number of amides is 1. The van der Waals surface area contributed by atoms with E-state index in [1.54, 1.807) is 0 Å². The largest absolute Gasteiger partial charge is 0.323 e. The smallest absolute Gasteiger partial charge is 0.228 e. The first-order chi connectivity index (χ1) is 12.0. The molecule has 1 aliphatic rings. The van der Waals surface area contributed by atoms with E-state index in [9.17, 15) is 13.6 Å². The molecule has 25 heavy (non-hydrogen) atoms. The number of benzene rings is 2. The molecule has 0 bridgehead atoms.